The van der Waals surface area contributed by atoms with Gasteiger partial charge in [-0.3, -0.25) is 0 Å². The molecule has 0 bridgehead atoms. The first-order valence-corrected chi connectivity index (χ1v) is 6.65. The fourth-order valence-electron chi connectivity index (χ4n) is 2.56. The number of hydrogen-bond donors (Lipinski definition) is 1. The van der Waals surface area contributed by atoms with Crippen LogP contribution in [0.15, 0.2) is 24.3 Å². The Hall–Kier alpha value is -0.860. The molecule has 3 unspecified atom stereocenters. The highest BCUT2D eigenvalue weighted by Gasteiger charge is 2.29. The highest BCUT2D eigenvalue weighted by Crippen LogP contribution is 2.23. The molecule has 2 rings (SSSR count). The molecule has 1 aliphatic heterocycles. The zero-order chi connectivity index (χ0) is 12.3. The summed E-state index contributed by atoms with van der Waals surface area (Å²) in [6.45, 7) is 5.28. The molecule has 2 nitrogen and oxygen atoms in total. The first kappa shape index (κ1) is 12.6. The van der Waals surface area contributed by atoms with Gasteiger partial charge >= 0.3 is 0 Å². The molecule has 3 atom stereocenters. The lowest BCUT2D eigenvalue weighted by Gasteiger charge is -2.22. The van der Waals surface area contributed by atoms with Crippen molar-refractivity contribution in [2.45, 2.75) is 45.3 Å². The summed E-state index contributed by atoms with van der Waals surface area (Å²) in [6, 6.07) is 8.90. The van der Waals surface area contributed by atoms with Gasteiger partial charge in [-0.05, 0) is 36.3 Å². The van der Waals surface area contributed by atoms with Crippen LogP contribution in [0.4, 0.5) is 0 Å². The van der Waals surface area contributed by atoms with E-state index in [1.165, 1.54) is 11.1 Å². The van der Waals surface area contributed by atoms with Crippen molar-refractivity contribution in [2.75, 3.05) is 6.61 Å². The Morgan fingerprint density at radius 2 is 1.94 bits per heavy atom. The summed E-state index contributed by atoms with van der Waals surface area (Å²) in [4.78, 5) is 0. The van der Waals surface area contributed by atoms with Gasteiger partial charge in [0.05, 0.1) is 6.10 Å². The number of aryl methyl sites for hydroxylation is 1. The van der Waals surface area contributed by atoms with Gasteiger partial charge in [0.1, 0.15) is 0 Å². The van der Waals surface area contributed by atoms with E-state index in [4.69, 9.17) is 10.5 Å². The lowest BCUT2D eigenvalue weighted by atomic mass is 9.93. The Kier molecular flexibility index (Phi) is 4.19. The molecule has 1 aliphatic rings. The lowest BCUT2D eigenvalue weighted by Crippen LogP contribution is -2.39. The van der Waals surface area contributed by atoms with E-state index in [2.05, 4.69) is 38.1 Å². The monoisotopic (exact) mass is 233 g/mol. The van der Waals surface area contributed by atoms with E-state index in [0.29, 0.717) is 5.92 Å². The molecule has 0 aromatic heterocycles. The second-order valence-electron chi connectivity index (χ2n) is 5.14. The van der Waals surface area contributed by atoms with Crippen LogP contribution >= 0.6 is 0 Å². The van der Waals surface area contributed by atoms with Crippen molar-refractivity contribution < 1.29 is 4.74 Å². The minimum Gasteiger partial charge on any atom is -0.376 e. The number of rotatable bonds is 4. The second-order valence-corrected chi connectivity index (χ2v) is 5.14. The van der Waals surface area contributed by atoms with Crippen molar-refractivity contribution in [3.05, 3.63) is 35.4 Å². The lowest BCUT2D eigenvalue weighted by molar-refractivity contribution is 0.0726. The van der Waals surface area contributed by atoms with Gasteiger partial charge < -0.3 is 10.5 Å². The van der Waals surface area contributed by atoms with E-state index in [-0.39, 0.29) is 12.1 Å². The molecule has 2 heteroatoms. The molecule has 0 spiro atoms. The number of nitrogens with two attached hydrogens (primary N) is 1. The molecule has 0 radical (unpaired) electrons. The topological polar surface area (TPSA) is 35.2 Å². The Morgan fingerprint density at radius 1 is 1.29 bits per heavy atom. The number of hydrogen-bond acceptors (Lipinski definition) is 2. The third-order valence-corrected chi connectivity index (χ3v) is 3.77. The largest absolute Gasteiger partial charge is 0.376 e. The molecule has 94 valence electrons. The van der Waals surface area contributed by atoms with Crippen molar-refractivity contribution in [3.63, 3.8) is 0 Å². The smallest absolute Gasteiger partial charge is 0.0755 e. The van der Waals surface area contributed by atoms with Crippen LogP contribution in [0.3, 0.4) is 0 Å². The van der Waals surface area contributed by atoms with Gasteiger partial charge in [-0.2, -0.15) is 0 Å². The van der Waals surface area contributed by atoms with Crippen LogP contribution in [-0.4, -0.2) is 18.8 Å². The zero-order valence-electron chi connectivity index (χ0n) is 10.9. The summed E-state index contributed by atoms with van der Waals surface area (Å²) < 4.78 is 5.72. The van der Waals surface area contributed by atoms with Gasteiger partial charge in [0, 0.05) is 12.6 Å². The van der Waals surface area contributed by atoms with Gasteiger partial charge in [0.15, 0.2) is 0 Å². The normalized spacial score (nSPS) is 26.1. The highest BCUT2D eigenvalue weighted by molar-refractivity contribution is 5.23. The highest BCUT2D eigenvalue weighted by atomic mass is 16.5. The molecule has 0 amide bonds. The molecule has 1 aromatic carbocycles. The maximum atomic E-state index is 6.25. The van der Waals surface area contributed by atoms with Crippen LogP contribution in [0.5, 0.6) is 0 Å². The van der Waals surface area contributed by atoms with E-state index < -0.39 is 0 Å². The summed E-state index contributed by atoms with van der Waals surface area (Å²) in [5, 5.41) is 0. The predicted molar refractivity (Wildman–Crippen MR) is 71.0 cm³/mol. The van der Waals surface area contributed by atoms with Gasteiger partial charge in [-0.15, -0.1) is 0 Å². The first-order chi connectivity index (χ1) is 8.20. The Morgan fingerprint density at radius 3 is 2.47 bits per heavy atom. The summed E-state index contributed by atoms with van der Waals surface area (Å²) in [5.74, 6) is 0.597. The van der Waals surface area contributed by atoms with E-state index in [1.807, 2.05) is 0 Å². The predicted octanol–water partition coefficient (Wildman–Crippen LogP) is 2.54. The fraction of sp³-hybridized carbons (Fsp3) is 0.600. The summed E-state index contributed by atoms with van der Waals surface area (Å²) >= 11 is 0. The molecule has 2 N–H and O–H groups in total. The summed E-state index contributed by atoms with van der Waals surface area (Å²) in [6.07, 6.45) is 3.39. The van der Waals surface area contributed by atoms with Crippen molar-refractivity contribution >= 4 is 0 Å². The molecular formula is C15H23NO. The van der Waals surface area contributed by atoms with E-state index in [0.717, 1.165) is 25.9 Å². The van der Waals surface area contributed by atoms with Crippen LogP contribution in [0.2, 0.25) is 0 Å². The average molecular weight is 233 g/mol. The Bertz CT molecular complexity index is 346. The standard InChI is InChI=1S/C15H23NO/c1-3-12-4-6-13(7-5-12)10-14(16)15-11(2)8-9-17-15/h4-7,11,14-15H,3,8-10,16H2,1-2H3. The quantitative estimate of drug-likeness (QED) is 0.867. The Labute approximate surface area is 104 Å². The van der Waals surface area contributed by atoms with Gasteiger partial charge in [0.2, 0.25) is 0 Å². The third kappa shape index (κ3) is 3.08. The second kappa shape index (κ2) is 5.65. The summed E-state index contributed by atoms with van der Waals surface area (Å²) in [5.41, 5.74) is 8.95. The van der Waals surface area contributed by atoms with Crippen LogP contribution in [0.25, 0.3) is 0 Å². The molecule has 1 fully saturated rings. The van der Waals surface area contributed by atoms with E-state index in [1.54, 1.807) is 0 Å². The van der Waals surface area contributed by atoms with Crippen LogP contribution in [0.1, 0.15) is 31.4 Å². The number of benzene rings is 1. The first-order valence-electron chi connectivity index (χ1n) is 6.65. The minimum atomic E-state index is 0.125. The van der Waals surface area contributed by atoms with Crippen molar-refractivity contribution in [1.82, 2.24) is 0 Å². The third-order valence-electron chi connectivity index (χ3n) is 3.77. The van der Waals surface area contributed by atoms with Crippen molar-refractivity contribution in [3.8, 4) is 0 Å². The van der Waals surface area contributed by atoms with Crippen molar-refractivity contribution in [2.24, 2.45) is 11.7 Å². The van der Waals surface area contributed by atoms with Crippen molar-refractivity contribution in [1.29, 1.82) is 0 Å². The molecule has 1 aromatic rings. The zero-order valence-corrected chi connectivity index (χ0v) is 10.9. The van der Waals surface area contributed by atoms with Gasteiger partial charge in [-0.1, -0.05) is 38.1 Å². The molecule has 17 heavy (non-hydrogen) atoms. The Balaban J connectivity index is 1.95. The summed E-state index contributed by atoms with van der Waals surface area (Å²) in [7, 11) is 0. The molecule has 1 heterocycles. The van der Waals surface area contributed by atoms with E-state index in [9.17, 15) is 0 Å². The van der Waals surface area contributed by atoms with Crippen LogP contribution in [-0.2, 0) is 17.6 Å². The molecule has 1 saturated heterocycles. The van der Waals surface area contributed by atoms with Crippen LogP contribution < -0.4 is 5.73 Å². The maximum absolute atomic E-state index is 6.25. The number of ether oxygens (including phenoxy) is 1. The van der Waals surface area contributed by atoms with E-state index >= 15 is 0 Å². The molecular weight excluding hydrogens is 210 g/mol. The van der Waals surface area contributed by atoms with Gasteiger partial charge in [-0.25, -0.2) is 0 Å². The SMILES string of the molecule is CCc1ccc(CC(N)C2OCCC2C)cc1. The fourth-order valence-corrected chi connectivity index (χ4v) is 2.56. The molecule has 0 saturated carbocycles. The van der Waals surface area contributed by atoms with Gasteiger partial charge in [0.25, 0.3) is 0 Å². The average Bonchev–Trinajstić information content (AvgIpc) is 2.76. The maximum Gasteiger partial charge on any atom is 0.0755 e. The molecule has 0 aliphatic carbocycles. The minimum absolute atomic E-state index is 0.125. The van der Waals surface area contributed by atoms with Crippen LogP contribution in [0, 0.1) is 5.92 Å².